The number of hydrogen-bond donors (Lipinski definition) is 0. The first kappa shape index (κ1) is 5.82. The molecule has 0 N–H and O–H groups in total. The van der Waals surface area contributed by atoms with Crippen LogP contribution in [0.5, 0.6) is 0 Å². The van der Waals surface area contributed by atoms with Crippen molar-refractivity contribution < 1.29 is 4.42 Å². The van der Waals surface area contributed by atoms with E-state index in [1.165, 1.54) is 6.39 Å². The average Bonchev–Trinajstić information content (AvgIpc) is 2.19. The van der Waals surface area contributed by atoms with E-state index in [1.807, 2.05) is 0 Å². The minimum atomic E-state index is 0.917. The summed E-state index contributed by atoms with van der Waals surface area (Å²) in [6.45, 7) is 0. The van der Waals surface area contributed by atoms with Crippen LogP contribution in [-0.4, -0.2) is 10.3 Å². The van der Waals surface area contributed by atoms with Crippen molar-refractivity contribution in [2.75, 3.05) is 5.33 Å². The minimum absolute atomic E-state index is 0.917. The standard InChI is InChI=1S/C5H6BrNO/c6-2-1-5-3-7-4-8-5/h3-4H,1-2H2. The van der Waals surface area contributed by atoms with Crippen molar-refractivity contribution in [3.8, 4) is 0 Å². The minimum Gasteiger partial charge on any atom is -0.448 e. The first-order valence-electron chi connectivity index (χ1n) is 2.37. The Morgan fingerprint density at radius 1 is 1.75 bits per heavy atom. The first-order chi connectivity index (χ1) is 3.93. The Bertz CT molecular complexity index is 138. The molecule has 3 heteroatoms. The quantitative estimate of drug-likeness (QED) is 0.639. The lowest BCUT2D eigenvalue weighted by Crippen LogP contribution is -1.78. The van der Waals surface area contributed by atoms with Gasteiger partial charge in [0.25, 0.3) is 0 Å². The van der Waals surface area contributed by atoms with Crippen LogP contribution in [0.3, 0.4) is 0 Å². The number of halogens is 1. The molecule has 0 amide bonds. The fourth-order valence-electron chi connectivity index (χ4n) is 0.459. The van der Waals surface area contributed by atoms with Crippen molar-refractivity contribution in [1.29, 1.82) is 0 Å². The van der Waals surface area contributed by atoms with Crippen LogP contribution in [0.25, 0.3) is 0 Å². The molecular weight excluding hydrogens is 170 g/mol. The van der Waals surface area contributed by atoms with Crippen molar-refractivity contribution in [3.63, 3.8) is 0 Å². The van der Waals surface area contributed by atoms with E-state index in [9.17, 15) is 0 Å². The monoisotopic (exact) mass is 175 g/mol. The maximum Gasteiger partial charge on any atom is 0.180 e. The summed E-state index contributed by atoms with van der Waals surface area (Å²) in [7, 11) is 0. The van der Waals surface area contributed by atoms with Gasteiger partial charge in [0.15, 0.2) is 6.39 Å². The maximum atomic E-state index is 4.93. The van der Waals surface area contributed by atoms with Crippen LogP contribution in [0.15, 0.2) is 17.0 Å². The summed E-state index contributed by atoms with van der Waals surface area (Å²) in [5, 5.41) is 0.933. The van der Waals surface area contributed by atoms with Gasteiger partial charge in [0.1, 0.15) is 5.76 Å². The molecule has 0 aliphatic rings. The molecule has 1 aromatic rings. The highest BCUT2D eigenvalue weighted by Crippen LogP contribution is 1.98. The molecule has 0 spiro atoms. The Morgan fingerprint density at radius 3 is 3.12 bits per heavy atom. The molecule has 0 fully saturated rings. The highest BCUT2D eigenvalue weighted by Gasteiger charge is 1.90. The molecule has 0 atom stereocenters. The highest BCUT2D eigenvalue weighted by molar-refractivity contribution is 9.09. The molecule has 1 heterocycles. The third kappa shape index (κ3) is 1.33. The van der Waals surface area contributed by atoms with Crippen molar-refractivity contribution in [2.45, 2.75) is 6.42 Å². The second-order valence-corrected chi connectivity index (χ2v) is 2.20. The van der Waals surface area contributed by atoms with Crippen molar-refractivity contribution in [1.82, 2.24) is 4.98 Å². The van der Waals surface area contributed by atoms with Gasteiger partial charge >= 0.3 is 0 Å². The first-order valence-corrected chi connectivity index (χ1v) is 3.49. The van der Waals surface area contributed by atoms with E-state index >= 15 is 0 Å². The smallest absolute Gasteiger partial charge is 0.180 e. The lowest BCUT2D eigenvalue weighted by atomic mass is 10.4. The Hall–Kier alpha value is -0.310. The molecule has 0 saturated carbocycles. The van der Waals surface area contributed by atoms with E-state index in [1.54, 1.807) is 6.20 Å². The Balaban J connectivity index is 2.50. The second kappa shape index (κ2) is 2.87. The largest absolute Gasteiger partial charge is 0.448 e. The SMILES string of the molecule is BrCCc1cnco1. The van der Waals surface area contributed by atoms with Gasteiger partial charge < -0.3 is 4.42 Å². The van der Waals surface area contributed by atoms with Crippen LogP contribution in [-0.2, 0) is 6.42 Å². The molecule has 44 valence electrons. The van der Waals surface area contributed by atoms with Gasteiger partial charge in [-0.3, -0.25) is 0 Å². The van der Waals surface area contributed by atoms with Crippen LogP contribution in [0.2, 0.25) is 0 Å². The predicted molar refractivity (Wildman–Crippen MR) is 34.0 cm³/mol. The number of alkyl halides is 1. The number of rotatable bonds is 2. The zero-order valence-corrected chi connectivity index (χ0v) is 5.89. The zero-order valence-electron chi connectivity index (χ0n) is 4.30. The van der Waals surface area contributed by atoms with E-state index in [2.05, 4.69) is 20.9 Å². The van der Waals surface area contributed by atoms with Gasteiger partial charge in [-0.15, -0.1) is 0 Å². The zero-order chi connectivity index (χ0) is 5.82. The van der Waals surface area contributed by atoms with Crippen LogP contribution in [0.1, 0.15) is 5.76 Å². The molecule has 0 bridgehead atoms. The number of aromatic nitrogens is 1. The van der Waals surface area contributed by atoms with Crippen LogP contribution in [0, 0.1) is 0 Å². The number of hydrogen-bond acceptors (Lipinski definition) is 2. The summed E-state index contributed by atoms with van der Waals surface area (Å²) in [5.74, 6) is 0.932. The predicted octanol–water partition coefficient (Wildman–Crippen LogP) is 1.61. The topological polar surface area (TPSA) is 26.0 Å². The Labute approximate surface area is 56.0 Å². The fraction of sp³-hybridized carbons (Fsp3) is 0.400. The van der Waals surface area contributed by atoms with Gasteiger partial charge in [0.05, 0.1) is 6.20 Å². The number of aryl methyl sites for hydroxylation is 1. The summed E-state index contributed by atoms with van der Waals surface area (Å²) in [6, 6.07) is 0. The molecule has 1 aromatic heterocycles. The highest BCUT2D eigenvalue weighted by atomic mass is 79.9. The molecule has 0 aliphatic heterocycles. The van der Waals surface area contributed by atoms with Crippen molar-refractivity contribution >= 4 is 15.9 Å². The van der Waals surface area contributed by atoms with E-state index in [4.69, 9.17) is 4.42 Å². The molecule has 8 heavy (non-hydrogen) atoms. The van der Waals surface area contributed by atoms with Gasteiger partial charge in [0.2, 0.25) is 0 Å². The van der Waals surface area contributed by atoms with Crippen molar-refractivity contribution in [2.24, 2.45) is 0 Å². The van der Waals surface area contributed by atoms with Gasteiger partial charge in [-0.2, -0.15) is 0 Å². The molecule has 0 saturated heterocycles. The fourth-order valence-corrected chi connectivity index (χ4v) is 0.850. The van der Waals surface area contributed by atoms with E-state index in [-0.39, 0.29) is 0 Å². The summed E-state index contributed by atoms with van der Waals surface area (Å²) >= 11 is 3.28. The van der Waals surface area contributed by atoms with Gasteiger partial charge in [-0.05, 0) is 0 Å². The van der Waals surface area contributed by atoms with Crippen molar-refractivity contribution in [3.05, 3.63) is 18.4 Å². The third-order valence-electron chi connectivity index (χ3n) is 0.824. The van der Waals surface area contributed by atoms with E-state index < -0.39 is 0 Å². The number of oxazole rings is 1. The third-order valence-corrected chi connectivity index (χ3v) is 1.22. The maximum absolute atomic E-state index is 4.93. The Morgan fingerprint density at radius 2 is 2.62 bits per heavy atom. The Kier molecular flexibility index (Phi) is 2.09. The number of nitrogens with zero attached hydrogens (tertiary/aromatic N) is 1. The lowest BCUT2D eigenvalue weighted by molar-refractivity contribution is 0.511. The molecule has 1 rings (SSSR count). The molecular formula is C5H6BrNO. The van der Waals surface area contributed by atoms with Crippen LogP contribution in [0.4, 0.5) is 0 Å². The van der Waals surface area contributed by atoms with Gasteiger partial charge in [-0.1, -0.05) is 15.9 Å². The second-order valence-electron chi connectivity index (χ2n) is 1.41. The average molecular weight is 176 g/mol. The molecule has 0 unspecified atom stereocenters. The van der Waals surface area contributed by atoms with Gasteiger partial charge in [0, 0.05) is 11.8 Å². The summed E-state index contributed by atoms with van der Waals surface area (Å²) in [6.07, 6.45) is 4.08. The molecule has 2 nitrogen and oxygen atoms in total. The molecule has 0 aromatic carbocycles. The van der Waals surface area contributed by atoms with E-state index in [0.717, 1.165) is 17.5 Å². The van der Waals surface area contributed by atoms with Crippen LogP contribution < -0.4 is 0 Å². The van der Waals surface area contributed by atoms with Gasteiger partial charge in [-0.25, -0.2) is 4.98 Å². The van der Waals surface area contributed by atoms with E-state index in [0.29, 0.717) is 0 Å². The molecule has 0 aliphatic carbocycles. The lowest BCUT2D eigenvalue weighted by Gasteiger charge is -1.83. The molecule has 0 radical (unpaired) electrons. The summed E-state index contributed by atoms with van der Waals surface area (Å²) in [5.41, 5.74) is 0. The summed E-state index contributed by atoms with van der Waals surface area (Å²) in [4.78, 5) is 3.75. The van der Waals surface area contributed by atoms with Crippen LogP contribution >= 0.6 is 15.9 Å². The summed E-state index contributed by atoms with van der Waals surface area (Å²) < 4.78 is 4.93. The normalized spacial score (nSPS) is 9.62.